The molecule has 16 heteroatoms. The molecule has 3 heterocycles. The minimum absolute atomic E-state index is 0.454. The predicted molar refractivity (Wildman–Crippen MR) is 52.1 cm³/mol. The first-order valence-corrected chi connectivity index (χ1v) is 5.49. The van der Waals surface area contributed by atoms with Crippen molar-refractivity contribution in [3.63, 3.8) is 0 Å². The lowest BCUT2D eigenvalue weighted by molar-refractivity contribution is -0.793. The highest BCUT2D eigenvalue weighted by Gasteiger charge is 2.42. The summed E-state index contributed by atoms with van der Waals surface area (Å²) in [6.45, 7) is 0. The summed E-state index contributed by atoms with van der Waals surface area (Å²) in [7, 11) is 0. The molecule has 3 rings (SSSR count). The molecule has 0 atom stereocenters. The van der Waals surface area contributed by atoms with Crippen LogP contribution in [-0.4, -0.2) is 25.4 Å². The Bertz CT molecular complexity index is 878. The Labute approximate surface area is 124 Å². The van der Waals surface area contributed by atoms with Crippen LogP contribution in [0.5, 0.6) is 0 Å². The SMILES string of the molecule is [O-][n+]1onc(-c2noc(C(F)(F)F)n2)c1-c1noc(C(F)(F)F)n1. The number of aromatic nitrogens is 6. The van der Waals surface area contributed by atoms with Gasteiger partial charge >= 0.3 is 29.8 Å². The third kappa shape index (κ3) is 2.61. The van der Waals surface area contributed by atoms with Crippen LogP contribution in [0.3, 0.4) is 0 Å². The third-order valence-electron chi connectivity index (χ3n) is 2.37. The van der Waals surface area contributed by atoms with Crippen molar-refractivity contribution < 1.29 is 44.9 Å². The zero-order chi connectivity index (χ0) is 17.7. The topological polar surface area (TPSA) is 131 Å². The van der Waals surface area contributed by atoms with Gasteiger partial charge < -0.3 is 14.3 Å². The highest BCUT2D eigenvalue weighted by atomic mass is 19.4. The Morgan fingerprint density at radius 1 is 0.792 bits per heavy atom. The monoisotopic (exact) mass is 358 g/mol. The Morgan fingerprint density at radius 3 is 1.79 bits per heavy atom. The summed E-state index contributed by atoms with van der Waals surface area (Å²) in [6, 6.07) is 0. The van der Waals surface area contributed by atoms with E-state index in [2.05, 4.69) is 39.1 Å². The van der Waals surface area contributed by atoms with E-state index in [4.69, 9.17) is 0 Å². The number of hydrogen-bond donors (Lipinski definition) is 0. The van der Waals surface area contributed by atoms with E-state index in [0.29, 0.717) is 0 Å². The fourth-order valence-corrected chi connectivity index (χ4v) is 1.45. The molecule has 0 radical (unpaired) electrons. The fraction of sp³-hybridized carbons (Fsp3) is 0.250. The van der Waals surface area contributed by atoms with Gasteiger partial charge in [0.2, 0.25) is 0 Å². The average Bonchev–Trinajstić information content (AvgIpc) is 3.13. The van der Waals surface area contributed by atoms with Crippen LogP contribution in [0.1, 0.15) is 11.8 Å². The summed E-state index contributed by atoms with van der Waals surface area (Å²) in [4.78, 5) is 5.36. The Balaban J connectivity index is 2.07. The summed E-state index contributed by atoms with van der Waals surface area (Å²) in [5.74, 6) is -5.40. The molecular formula is C8F6N6O4. The molecule has 0 unspecified atom stereocenters. The van der Waals surface area contributed by atoms with Crippen molar-refractivity contribution in [2.45, 2.75) is 12.4 Å². The molecule has 10 nitrogen and oxygen atoms in total. The lowest BCUT2D eigenvalue weighted by atomic mass is 10.3. The summed E-state index contributed by atoms with van der Waals surface area (Å²) in [5.41, 5.74) is -1.68. The van der Waals surface area contributed by atoms with Gasteiger partial charge in [0.15, 0.2) is 0 Å². The van der Waals surface area contributed by atoms with E-state index >= 15 is 0 Å². The van der Waals surface area contributed by atoms with Gasteiger partial charge in [-0.3, -0.25) is 4.63 Å². The lowest BCUT2D eigenvalue weighted by Crippen LogP contribution is -2.26. The van der Waals surface area contributed by atoms with Crippen molar-refractivity contribution >= 4 is 0 Å². The average molecular weight is 358 g/mol. The lowest BCUT2D eigenvalue weighted by Gasteiger charge is -1.95. The first-order chi connectivity index (χ1) is 11.1. The molecule has 0 fully saturated rings. The highest BCUT2D eigenvalue weighted by Crippen LogP contribution is 2.32. The van der Waals surface area contributed by atoms with Crippen LogP contribution in [0, 0.1) is 5.21 Å². The second-order valence-corrected chi connectivity index (χ2v) is 3.97. The standard InChI is InChI=1S/C8F6N6O4/c9-7(10,11)5-15-3(18-22-5)1-2(20(21)24-17-1)4-16-6(23-19-4)8(12,13)14. The van der Waals surface area contributed by atoms with E-state index in [1.54, 1.807) is 0 Å². The Kier molecular flexibility index (Phi) is 3.20. The van der Waals surface area contributed by atoms with Crippen molar-refractivity contribution in [1.29, 1.82) is 0 Å². The summed E-state index contributed by atoms with van der Waals surface area (Å²) >= 11 is 0. The number of halogens is 6. The molecule has 0 N–H and O–H groups in total. The molecule has 128 valence electrons. The van der Waals surface area contributed by atoms with Gasteiger partial charge in [-0.2, -0.15) is 36.3 Å². The van der Waals surface area contributed by atoms with E-state index < -0.39 is 52.1 Å². The normalized spacial score (nSPS) is 12.8. The van der Waals surface area contributed by atoms with Crippen LogP contribution in [0.2, 0.25) is 0 Å². The zero-order valence-electron chi connectivity index (χ0n) is 10.6. The number of alkyl halides is 6. The largest absolute Gasteiger partial charge is 0.471 e. The van der Waals surface area contributed by atoms with E-state index in [-0.39, 0.29) is 0 Å². The fourth-order valence-electron chi connectivity index (χ4n) is 1.45. The second kappa shape index (κ2) is 4.90. The maximum absolute atomic E-state index is 12.4. The molecule has 0 saturated carbocycles. The van der Waals surface area contributed by atoms with Crippen LogP contribution in [0.15, 0.2) is 13.7 Å². The van der Waals surface area contributed by atoms with Gasteiger partial charge in [0, 0.05) is 0 Å². The first-order valence-electron chi connectivity index (χ1n) is 5.49. The van der Waals surface area contributed by atoms with Crippen LogP contribution in [0.25, 0.3) is 23.0 Å². The predicted octanol–water partition coefficient (Wildman–Crippen LogP) is 1.45. The van der Waals surface area contributed by atoms with Gasteiger partial charge in [-0.25, -0.2) is 0 Å². The Morgan fingerprint density at radius 2 is 1.29 bits per heavy atom. The maximum atomic E-state index is 12.4. The van der Waals surface area contributed by atoms with Crippen molar-refractivity contribution in [1.82, 2.24) is 25.4 Å². The molecule has 0 saturated heterocycles. The van der Waals surface area contributed by atoms with Gasteiger partial charge in [-0.05, 0) is 4.90 Å². The summed E-state index contributed by atoms with van der Waals surface area (Å²) in [5, 5.41) is 20.3. The van der Waals surface area contributed by atoms with Gasteiger partial charge in [0.05, 0.1) is 5.16 Å². The smallest absolute Gasteiger partial charge is 0.359 e. The molecule has 3 aromatic rings. The minimum atomic E-state index is -5.01. The van der Waals surface area contributed by atoms with E-state index in [1.165, 1.54) is 0 Å². The minimum Gasteiger partial charge on any atom is -0.359 e. The number of nitrogens with zero attached hydrogens (tertiary/aromatic N) is 6. The Hall–Kier alpha value is -3.20. The van der Waals surface area contributed by atoms with Crippen molar-refractivity contribution in [2.75, 3.05) is 0 Å². The van der Waals surface area contributed by atoms with E-state index in [1.807, 2.05) is 0 Å². The molecule has 0 aliphatic carbocycles. The molecule has 24 heavy (non-hydrogen) atoms. The van der Waals surface area contributed by atoms with E-state index in [0.717, 1.165) is 0 Å². The van der Waals surface area contributed by atoms with Gasteiger partial charge in [-0.1, -0.05) is 10.3 Å². The quantitative estimate of drug-likeness (QED) is 0.493. The maximum Gasteiger partial charge on any atom is 0.471 e. The second-order valence-electron chi connectivity index (χ2n) is 3.97. The molecule has 0 bridgehead atoms. The highest BCUT2D eigenvalue weighted by molar-refractivity contribution is 5.66. The molecule has 0 amide bonds. The van der Waals surface area contributed by atoms with Crippen molar-refractivity contribution in [2.24, 2.45) is 0 Å². The van der Waals surface area contributed by atoms with Crippen LogP contribution < -0.4 is 4.90 Å². The van der Waals surface area contributed by atoms with Crippen molar-refractivity contribution in [3.05, 3.63) is 17.0 Å². The molecule has 0 aromatic carbocycles. The molecular weight excluding hydrogens is 358 g/mol. The van der Waals surface area contributed by atoms with Gasteiger partial charge in [0.25, 0.3) is 17.3 Å². The van der Waals surface area contributed by atoms with Gasteiger partial charge in [-0.15, -0.1) is 0 Å². The van der Waals surface area contributed by atoms with Crippen molar-refractivity contribution in [3.8, 4) is 23.0 Å². The molecule has 0 spiro atoms. The number of hydrogen-bond acceptors (Lipinski definition) is 9. The third-order valence-corrected chi connectivity index (χ3v) is 2.37. The van der Waals surface area contributed by atoms with Gasteiger partial charge in [0.1, 0.15) is 0 Å². The van der Waals surface area contributed by atoms with Crippen LogP contribution in [0.4, 0.5) is 26.3 Å². The van der Waals surface area contributed by atoms with Crippen LogP contribution in [-0.2, 0) is 12.4 Å². The molecule has 3 aromatic heterocycles. The molecule has 0 aliphatic heterocycles. The van der Waals surface area contributed by atoms with E-state index in [9.17, 15) is 31.5 Å². The first kappa shape index (κ1) is 15.7. The van der Waals surface area contributed by atoms with Crippen LogP contribution >= 0.6 is 0 Å². The summed E-state index contributed by atoms with van der Waals surface area (Å²) in [6.07, 6.45) is -10.00. The molecule has 0 aliphatic rings. The number of rotatable bonds is 2. The zero-order valence-corrected chi connectivity index (χ0v) is 10.6. The summed E-state index contributed by atoms with van der Waals surface area (Å²) < 4.78 is 86.4.